The van der Waals surface area contributed by atoms with Gasteiger partial charge in [-0.3, -0.25) is 9.78 Å². The van der Waals surface area contributed by atoms with E-state index in [9.17, 15) is 15.0 Å². The zero-order valence-corrected chi connectivity index (χ0v) is 13.8. The SMILES string of the molecule is CC1(C)OB(c2cncc(C(O)C(O)CC(N)=O)c2)OC1(C)C. The fourth-order valence-electron chi connectivity index (χ4n) is 2.29. The van der Waals surface area contributed by atoms with E-state index in [0.29, 0.717) is 11.0 Å². The van der Waals surface area contributed by atoms with Crippen LogP contribution >= 0.6 is 0 Å². The first-order valence-electron chi connectivity index (χ1n) is 7.48. The Kier molecular flexibility index (Phi) is 4.82. The number of hydrogen-bond acceptors (Lipinski definition) is 6. The van der Waals surface area contributed by atoms with Crippen molar-refractivity contribution in [3.05, 3.63) is 24.0 Å². The molecule has 0 aromatic carbocycles. The molecule has 1 fully saturated rings. The molecule has 1 amide bonds. The lowest BCUT2D eigenvalue weighted by atomic mass is 9.79. The molecule has 23 heavy (non-hydrogen) atoms. The molecule has 8 heteroatoms. The van der Waals surface area contributed by atoms with Crippen molar-refractivity contribution < 1.29 is 24.3 Å². The van der Waals surface area contributed by atoms with Crippen molar-refractivity contribution in [1.82, 2.24) is 4.98 Å². The second kappa shape index (κ2) is 6.20. The van der Waals surface area contributed by atoms with E-state index in [-0.39, 0.29) is 6.42 Å². The van der Waals surface area contributed by atoms with Gasteiger partial charge in [-0.25, -0.2) is 0 Å². The molecule has 1 aromatic rings. The summed E-state index contributed by atoms with van der Waals surface area (Å²) in [6.07, 6.45) is 0.116. The van der Waals surface area contributed by atoms with Crippen molar-refractivity contribution in [2.75, 3.05) is 0 Å². The third kappa shape index (κ3) is 3.72. The highest BCUT2D eigenvalue weighted by Gasteiger charge is 2.51. The first-order chi connectivity index (χ1) is 10.5. The number of aliphatic hydroxyl groups excluding tert-OH is 2. The maximum Gasteiger partial charge on any atom is 0.496 e. The summed E-state index contributed by atoms with van der Waals surface area (Å²) in [7, 11) is -0.618. The van der Waals surface area contributed by atoms with E-state index >= 15 is 0 Å². The van der Waals surface area contributed by atoms with E-state index in [0.717, 1.165) is 0 Å². The largest absolute Gasteiger partial charge is 0.496 e. The molecule has 0 aliphatic carbocycles. The summed E-state index contributed by atoms with van der Waals surface area (Å²) in [4.78, 5) is 14.9. The molecule has 2 unspecified atom stereocenters. The summed E-state index contributed by atoms with van der Waals surface area (Å²) in [5, 5.41) is 20.0. The molecule has 0 spiro atoms. The summed E-state index contributed by atoms with van der Waals surface area (Å²) in [5.74, 6) is -0.688. The second-order valence-corrected chi connectivity index (χ2v) is 6.82. The average molecular weight is 322 g/mol. The highest BCUT2D eigenvalue weighted by Crippen LogP contribution is 2.36. The lowest BCUT2D eigenvalue weighted by Crippen LogP contribution is -2.41. The maximum absolute atomic E-state index is 10.9. The fraction of sp³-hybridized carbons (Fsp3) is 0.600. The molecule has 4 N–H and O–H groups in total. The Bertz CT molecular complexity index is 577. The van der Waals surface area contributed by atoms with Gasteiger partial charge in [-0.15, -0.1) is 0 Å². The van der Waals surface area contributed by atoms with Crippen LogP contribution in [0, 0.1) is 0 Å². The predicted octanol–water partition coefficient (Wildman–Crippen LogP) is -0.349. The van der Waals surface area contributed by atoms with Gasteiger partial charge in [0.05, 0.1) is 23.7 Å². The van der Waals surface area contributed by atoms with Crippen LogP contribution in [0.1, 0.15) is 45.8 Å². The minimum atomic E-state index is -1.29. The zero-order valence-electron chi connectivity index (χ0n) is 13.8. The molecule has 1 aliphatic rings. The number of rotatable bonds is 5. The molecule has 126 valence electrons. The van der Waals surface area contributed by atoms with Gasteiger partial charge in [-0.2, -0.15) is 0 Å². The van der Waals surface area contributed by atoms with Crippen molar-refractivity contribution in [2.24, 2.45) is 5.73 Å². The fourth-order valence-corrected chi connectivity index (χ4v) is 2.29. The van der Waals surface area contributed by atoms with Crippen LogP contribution in [0.4, 0.5) is 0 Å². The first kappa shape index (κ1) is 17.9. The smallest absolute Gasteiger partial charge is 0.399 e. The van der Waals surface area contributed by atoms with E-state index in [1.807, 2.05) is 27.7 Å². The number of nitrogens with zero attached hydrogens (tertiary/aromatic N) is 1. The Labute approximate surface area is 136 Å². The Morgan fingerprint density at radius 1 is 1.26 bits per heavy atom. The number of nitrogens with two attached hydrogens (primary N) is 1. The highest BCUT2D eigenvalue weighted by molar-refractivity contribution is 6.62. The number of primary amides is 1. The Morgan fingerprint density at radius 3 is 2.35 bits per heavy atom. The molecular weight excluding hydrogens is 299 g/mol. The van der Waals surface area contributed by atoms with Crippen LogP contribution in [-0.4, -0.2) is 45.5 Å². The third-order valence-corrected chi connectivity index (χ3v) is 4.42. The van der Waals surface area contributed by atoms with E-state index in [1.165, 1.54) is 6.20 Å². The second-order valence-electron chi connectivity index (χ2n) is 6.82. The summed E-state index contributed by atoms with van der Waals surface area (Å²) < 4.78 is 11.9. The summed E-state index contributed by atoms with van der Waals surface area (Å²) in [6, 6.07) is 1.64. The van der Waals surface area contributed by atoms with E-state index < -0.39 is 36.4 Å². The van der Waals surface area contributed by atoms with Crippen molar-refractivity contribution in [1.29, 1.82) is 0 Å². The number of hydrogen-bond donors (Lipinski definition) is 3. The van der Waals surface area contributed by atoms with E-state index in [4.69, 9.17) is 15.0 Å². The molecule has 0 radical (unpaired) electrons. The lowest BCUT2D eigenvalue weighted by Gasteiger charge is -2.32. The quantitative estimate of drug-likeness (QED) is 0.638. The standard InChI is InChI=1S/C15H23BN2O5/c1-14(2)15(3,4)23-16(22-14)10-5-9(7-18-8-10)13(21)11(19)6-12(17)20/h5,7-8,11,13,19,21H,6H2,1-4H3,(H2,17,20). The molecule has 1 aliphatic heterocycles. The Balaban J connectivity index is 2.19. The number of aliphatic hydroxyl groups is 2. The molecule has 0 bridgehead atoms. The Morgan fingerprint density at radius 2 is 1.83 bits per heavy atom. The van der Waals surface area contributed by atoms with Gasteiger partial charge in [0.1, 0.15) is 6.10 Å². The molecule has 1 saturated heterocycles. The number of carbonyl (C=O) groups excluding carboxylic acids is 1. The van der Waals surface area contributed by atoms with Crippen LogP contribution in [0.3, 0.4) is 0 Å². The summed E-state index contributed by atoms with van der Waals surface area (Å²) in [6.45, 7) is 7.76. The average Bonchev–Trinajstić information content (AvgIpc) is 2.66. The van der Waals surface area contributed by atoms with Gasteiger partial charge in [-0.1, -0.05) is 6.07 Å². The van der Waals surface area contributed by atoms with Crippen molar-refractivity contribution >= 4 is 18.5 Å². The molecule has 2 atom stereocenters. The zero-order chi connectivity index (χ0) is 17.4. The predicted molar refractivity (Wildman–Crippen MR) is 84.7 cm³/mol. The molecule has 7 nitrogen and oxygen atoms in total. The first-order valence-corrected chi connectivity index (χ1v) is 7.48. The monoisotopic (exact) mass is 322 g/mol. The number of pyridine rings is 1. The van der Waals surface area contributed by atoms with E-state index in [1.54, 1.807) is 12.3 Å². The number of carbonyl (C=O) groups is 1. The molecule has 0 saturated carbocycles. The maximum atomic E-state index is 10.9. The minimum absolute atomic E-state index is 0.331. The molecule has 2 rings (SSSR count). The van der Waals surface area contributed by atoms with Gasteiger partial charge in [0.15, 0.2) is 0 Å². The van der Waals surface area contributed by atoms with Crippen molar-refractivity contribution in [3.8, 4) is 0 Å². The van der Waals surface area contributed by atoms with Gasteiger partial charge in [0, 0.05) is 23.4 Å². The van der Waals surface area contributed by atoms with Crippen molar-refractivity contribution in [3.63, 3.8) is 0 Å². The third-order valence-electron chi connectivity index (χ3n) is 4.42. The van der Waals surface area contributed by atoms with Crippen LogP contribution < -0.4 is 11.2 Å². The lowest BCUT2D eigenvalue weighted by molar-refractivity contribution is -0.121. The van der Waals surface area contributed by atoms with Gasteiger partial charge in [0.2, 0.25) is 5.91 Å². The van der Waals surface area contributed by atoms with Gasteiger partial charge < -0.3 is 25.3 Å². The van der Waals surface area contributed by atoms with Crippen LogP contribution in [0.25, 0.3) is 0 Å². The van der Waals surface area contributed by atoms with Crippen LogP contribution in [-0.2, 0) is 14.1 Å². The van der Waals surface area contributed by atoms with Crippen molar-refractivity contribution in [2.45, 2.75) is 57.5 Å². The summed E-state index contributed by atoms with van der Waals surface area (Å²) in [5.41, 5.74) is 5.05. The molecule has 1 aromatic heterocycles. The van der Waals surface area contributed by atoms with Crippen LogP contribution in [0.15, 0.2) is 18.5 Å². The van der Waals surface area contributed by atoms with Gasteiger partial charge in [-0.05, 0) is 27.7 Å². The van der Waals surface area contributed by atoms with Crippen LogP contribution in [0.2, 0.25) is 0 Å². The topological polar surface area (TPSA) is 115 Å². The summed E-state index contributed by atoms with van der Waals surface area (Å²) >= 11 is 0. The Hall–Kier alpha value is -1.48. The van der Waals surface area contributed by atoms with Gasteiger partial charge >= 0.3 is 7.12 Å². The number of amides is 1. The normalized spacial score (nSPS) is 21.9. The van der Waals surface area contributed by atoms with E-state index in [2.05, 4.69) is 4.98 Å². The molecule has 2 heterocycles. The van der Waals surface area contributed by atoms with Crippen LogP contribution in [0.5, 0.6) is 0 Å². The molecular formula is C15H23BN2O5. The van der Waals surface area contributed by atoms with Gasteiger partial charge in [0.25, 0.3) is 0 Å². The minimum Gasteiger partial charge on any atom is -0.399 e. The number of aromatic nitrogens is 1. The highest BCUT2D eigenvalue weighted by atomic mass is 16.7.